The minimum absolute atomic E-state index is 0.0660. The van der Waals surface area contributed by atoms with Crippen LogP contribution in [0.1, 0.15) is 21.8 Å². The standard InChI is InChI=1S/C22H19BrFN5O3S/c23-15-3-1-2-13(10-15)20(31)25-9-8-18-27-28-22(33-18)26-21(32)14-11-19(30)29(12-14)17-6-4-16(24)5-7-17/h1-7,10,14H,8-9,11-12H2,(H,25,31)(H,26,28,32). The van der Waals surface area contributed by atoms with E-state index in [0.29, 0.717) is 34.4 Å². The van der Waals surface area contributed by atoms with Gasteiger partial charge in [0, 0.05) is 41.7 Å². The molecule has 2 N–H and O–H groups in total. The quantitative estimate of drug-likeness (QED) is 0.486. The molecule has 1 aliphatic rings. The number of benzene rings is 2. The molecule has 2 aromatic carbocycles. The largest absolute Gasteiger partial charge is 0.352 e. The van der Waals surface area contributed by atoms with Crippen LogP contribution in [0.5, 0.6) is 0 Å². The van der Waals surface area contributed by atoms with Gasteiger partial charge in [0.2, 0.25) is 16.9 Å². The molecule has 0 spiro atoms. The number of rotatable bonds is 7. The molecule has 11 heteroatoms. The highest BCUT2D eigenvalue weighted by Crippen LogP contribution is 2.26. The summed E-state index contributed by atoms with van der Waals surface area (Å²) in [7, 11) is 0. The molecule has 0 aliphatic carbocycles. The maximum absolute atomic E-state index is 13.1. The van der Waals surface area contributed by atoms with Crippen molar-refractivity contribution in [1.82, 2.24) is 15.5 Å². The number of hydrogen-bond acceptors (Lipinski definition) is 6. The molecule has 0 radical (unpaired) electrons. The average molecular weight is 532 g/mol. The third-order valence-electron chi connectivity index (χ3n) is 5.04. The first kappa shape index (κ1) is 23.0. The topological polar surface area (TPSA) is 104 Å². The van der Waals surface area contributed by atoms with Gasteiger partial charge in [-0.3, -0.25) is 14.4 Å². The lowest BCUT2D eigenvalue weighted by atomic mass is 10.1. The highest BCUT2D eigenvalue weighted by molar-refractivity contribution is 9.10. The van der Waals surface area contributed by atoms with Crippen LogP contribution in [0.2, 0.25) is 0 Å². The number of halogens is 2. The molecular weight excluding hydrogens is 513 g/mol. The van der Waals surface area contributed by atoms with Crippen LogP contribution in [-0.2, 0) is 16.0 Å². The van der Waals surface area contributed by atoms with Gasteiger partial charge in [-0.1, -0.05) is 33.3 Å². The number of nitrogens with zero attached hydrogens (tertiary/aromatic N) is 3. The van der Waals surface area contributed by atoms with E-state index in [0.717, 1.165) is 4.47 Å². The molecule has 3 aromatic rings. The van der Waals surface area contributed by atoms with Gasteiger partial charge >= 0.3 is 0 Å². The first-order valence-corrected chi connectivity index (χ1v) is 11.7. The minimum Gasteiger partial charge on any atom is -0.352 e. The van der Waals surface area contributed by atoms with Crippen molar-refractivity contribution in [2.45, 2.75) is 12.8 Å². The number of carbonyl (C=O) groups is 3. The second-order valence-electron chi connectivity index (χ2n) is 7.39. The molecule has 1 saturated heterocycles. The zero-order chi connectivity index (χ0) is 23.4. The van der Waals surface area contributed by atoms with Crippen LogP contribution in [0.25, 0.3) is 0 Å². The molecule has 33 heavy (non-hydrogen) atoms. The fourth-order valence-corrected chi connectivity index (χ4v) is 4.52. The molecule has 4 rings (SSSR count). The average Bonchev–Trinajstić information content (AvgIpc) is 3.40. The van der Waals surface area contributed by atoms with Crippen LogP contribution >= 0.6 is 27.3 Å². The van der Waals surface area contributed by atoms with E-state index >= 15 is 0 Å². The molecular formula is C22H19BrFN5O3S. The van der Waals surface area contributed by atoms with E-state index < -0.39 is 5.92 Å². The number of amides is 3. The molecule has 1 unspecified atom stereocenters. The summed E-state index contributed by atoms with van der Waals surface area (Å²) < 4.78 is 14.0. The second kappa shape index (κ2) is 10.2. The van der Waals surface area contributed by atoms with Gasteiger partial charge in [-0.05, 0) is 42.5 Å². The lowest BCUT2D eigenvalue weighted by Gasteiger charge is -2.16. The first-order valence-electron chi connectivity index (χ1n) is 10.1. The van der Waals surface area contributed by atoms with Crippen molar-refractivity contribution < 1.29 is 18.8 Å². The maximum atomic E-state index is 13.1. The summed E-state index contributed by atoms with van der Waals surface area (Å²) in [5.41, 5.74) is 1.11. The first-order chi connectivity index (χ1) is 15.9. The molecule has 1 aliphatic heterocycles. The van der Waals surface area contributed by atoms with Gasteiger partial charge in [0.05, 0.1) is 5.92 Å². The second-order valence-corrected chi connectivity index (χ2v) is 9.37. The van der Waals surface area contributed by atoms with Gasteiger partial charge < -0.3 is 15.5 Å². The van der Waals surface area contributed by atoms with Crippen molar-refractivity contribution in [1.29, 1.82) is 0 Å². The SMILES string of the molecule is O=C(NCCc1nnc(NC(=O)C2CC(=O)N(c3ccc(F)cc3)C2)s1)c1cccc(Br)c1. The van der Waals surface area contributed by atoms with E-state index in [-0.39, 0.29) is 36.5 Å². The van der Waals surface area contributed by atoms with Crippen molar-refractivity contribution in [2.24, 2.45) is 5.92 Å². The molecule has 1 atom stereocenters. The summed E-state index contributed by atoms with van der Waals surface area (Å²) >= 11 is 4.55. The van der Waals surface area contributed by atoms with Gasteiger partial charge in [-0.15, -0.1) is 10.2 Å². The Labute approximate surface area is 201 Å². The van der Waals surface area contributed by atoms with E-state index in [1.807, 2.05) is 6.07 Å². The Balaban J connectivity index is 1.27. The Morgan fingerprint density at radius 2 is 1.97 bits per heavy atom. The van der Waals surface area contributed by atoms with Gasteiger partial charge in [0.1, 0.15) is 10.8 Å². The maximum Gasteiger partial charge on any atom is 0.251 e. The molecule has 3 amide bonds. The van der Waals surface area contributed by atoms with Crippen LogP contribution in [-0.4, -0.2) is 41.0 Å². The fourth-order valence-electron chi connectivity index (χ4n) is 3.38. The molecule has 1 aromatic heterocycles. The summed E-state index contributed by atoms with van der Waals surface area (Å²) in [6, 6.07) is 12.7. The van der Waals surface area contributed by atoms with Crippen LogP contribution in [0.4, 0.5) is 15.2 Å². The van der Waals surface area contributed by atoms with E-state index in [4.69, 9.17) is 0 Å². The number of carbonyl (C=O) groups excluding carboxylic acids is 3. The fraction of sp³-hybridized carbons (Fsp3) is 0.227. The van der Waals surface area contributed by atoms with Crippen molar-refractivity contribution in [3.63, 3.8) is 0 Å². The molecule has 2 heterocycles. The van der Waals surface area contributed by atoms with Crippen molar-refractivity contribution in [2.75, 3.05) is 23.3 Å². The molecule has 1 fully saturated rings. The van der Waals surface area contributed by atoms with E-state index in [2.05, 4.69) is 36.8 Å². The summed E-state index contributed by atoms with van der Waals surface area (Å²) in [6.45, 7) is 0.585. The third-order valence-corrected chi connectivity index (χ3v) is 6.43. The van der Waals surface area contributed by atoms with Crippen LogP contribution < -0.4 is 15.5 Å². The number of aromatic nitrogens is 2. The van der Waals surface area contributed by atoms with E-state index in [9.17, 15) is 18.8 Å². The van der Waals surface area contributed by atoms with Crippen molar-refractivity contribution in [3.8, 4) is 0 Å². The Morgan fingerprint density at radius 3 is 2.73 bits per heavy atom. The Bertz CT molecular complexity index is 1190. The van der Waals surface area contributed by atoms with Gasteiger partial charge in [-0.25, -0.2) is 4.39 Å². The lowest BCUT2D eigenvalue weighted by molar-refractivity contribution is -0.122. The number of hydrogen-bond donors (Lipinski definition) is 2. The molecule has 0 bridgehead atoms. The van der Waals surface area contributed by atoms with Crippen molar-refractivity contribution in [3.05, 3.63) is 69.4 Å². The van der Waals surface area contributed by atoms with Crippen LogP contribution in [0.15, 0.2) is 53.0 Å². The third kappa shape index (κ3) is 5.79. The monoisotopic (exact) mass is 531 g/mol. The Hall–Kier alpha value is -3.18. The predicted octanol–water partition coefficient (Wildman–Crippen LogP) is 3.40. The number of nitrogens with one attached hydrogen (secondary N) is 2. The highest BCUT2D eigenvalue weighted by atomic mass is 79.9. The zero-order valence-electron chi connectivity index (χ0n) is 17.3. The van der Waals surface area contributed by atoms with Crippen LogP contribution in [0.3, 0.4) is 0 Å². The van der Waals surface area contributed by atoms with Crippen molar-refractivity contribution >= 4 is 55.8 Å². The van der Waals surface area contributed by atoms with Gasteiger partial charge in [0.15, 0.2) is 0 Å². The van der Waals surface area contributed by atoms with Gasteiger partial charge in [-0.2, -0.15) is 0 Å². The van der Waals surface area contributed by atoms with E-state index in [1.54, 1.807) is 18.2 Å². The molecule has 8 nitrogen and oxygen atoms in total. The normalized spacial score (nSPS) is 15.5. The predicted molar refractivity (Wildman–Crippen MR) is 126 cm³/mol. The molecule has 0 saturated carbocycles. The summed E-state index contributed by atoms with van der Waals surface area (Å²) in [5.74, 6) is -1.63. The lowest BCUT2D eigenvalue weighted by Crippen LogP contribution is -2.28. The Morgan fingerprint density at radius 1 is 1.18 bits per heavy atom. The highest BCUT2D eigenvalue weighted by Gasteiger charge is 2.35. The summed E-state index contributed by atoms with van der Waals surface area (Å²) in [4.78, 5) is 38.6. The van der Waals surface area contributed by atoms with E-state index in [1.165, 1.54) is 40.5 Å². The zero-order valence-corrected chi connectivity index (χ0v) is 19.7. The number of anilines is 2. The summed E-state index contributed by atoms with van der Waals surface area (Å²) in [6.07, 6.45) is 0.532. The Kier molecular flexibility index (Phi) is 7.09. The smallest absolute Gasteiger partial charge is 0.251 e. The van der Waals surface area contributed by atoms with Crippen LogP contribution in [0, 0.1) is 11.7 Å². The van der Waals surface area contributed by atoms with Gasteiger partial charge in [0.25, 0.3) is 5.91 Å². The molecule has 170 valence electrons. The summed E-state index contributed by atoms with van der Waals surface area (Å²) in [5, 5.41) is 14.6. The minimum atomic E-state index is -0.542.